The fourth-order valence-corrected chi connectivity index (χ4v) is 2.82. The molecule has 0 aromatic carbocycles. The van der Waals surface area contributed by atoms with Gasteiger partial charge in [-0.1, -0.05) is 20.8 Å². The smallest absolute Gasteiger partial charge is 0.0672 e. The summed E-state index contributed by atoms with van der Waals surface area (Å²) in [5.41, 5.74) is 3.93. The van der Waals surface area contributed by atoms with Crippen LogP contribution in [0, 0.1) is 0 Å². The molecule has 0 fully saturated rings. The molecular weight excluding hydrogens is 262 g/mol. The predicted octanol–water partition coefficient (Wildman–Crippen LogP) is 3.49. The molecule has 122 valence electrons. The van der Waals surface area contributed by atoms with Crippen LogP contribution in [0.15, 0.2) is 0 Å². The Labute approximate surface area is 130 Å². The van der Waals surface area contributed by atoms with E-state index in [0.29, 0.717) is 6.04 Å². The Morgan fingerprint density at radius 1 is 1.24 bits per heavy atom. The fourth-order valence-electron chi connectivity index (χ4n) is 2.82. The SMILES string of the molecule is CCc1nn(CCC(C)(C)OC)c(CC)c1C(CC)NC. The predicted molar refractivity (Wildman–Crippen MR) is 88.8 cm³/mol. The van der Waals surface area contributed by atoms with Gasteiger partial charge in [0.15, 0.2) is 0 Å². The maximum Gasteiger partial charge on any atom is 0.0672 e. The van der Waals surface area contributed by atoms with Crippen molar-refractivity contribution in [3.63, 3.8) is 0 Å². The van der Waals surface area contributed by atoms with Gasteiger partial charge in [-0.2, -0.15) is 5.10 Å². The van der Waals surface area contributed by atoms with Crippen molar-refractivity contribution in [2.75, 3.05) is 14.2 Å². The molecule has 0 saturated heterocycles. The minimum atomic E-state index is -0.101. The maximum atomic E-state index is 5.53. The monoisotopic (exact) mass is 295 g/mol. The molecule has 0 amide bonds. The highest BCUT2D eigenvalue weighted by atomic mass is 16.5. The van der Waals surface area contributed by atoms with Gasteiger partial charge in [-0.15, -0.1) is 0 Å². The van der Waals surface area contributed by atoms with Gasteiger partial charge in [-0.3, -0.25) is 4.68 Å². The van der Waals surface area contributed by atoms with E-state index in [0.717, 1.165) is 32.2 Å². The lowest BCUT2D eigenvalue weighted by Crippen LogP contribution is -2.25. The van der Waals surface area contributed by atoms with Gasteiger partial charge in [0.25, 0.3) is 0 Å². The highest BCUT2D eigenvalue weighted by molar-refractivity contribution is 5.30. The van der Waals surface area contributed by atoms with Gasteiger partial charge in [0.2, 0.25) is 0 Å². The lowest BCUT2D eigenvalue weighted by Gasteiger charge is -2.23. The average Bonchev–Trinajstić information content (AvgIpc) is 2.84. The summed E-state index contributed by atoms with van der Waals surface area (Å²) in [6.45, 7) is 11.8. The Kier molecular flexibility index (Phi) is 6.88. The third-order valence-corrected chi connectivity index (χ3v) is 4.43. The van der Waals surface area contributed by atoms with E-state index < -0.39 is 0 Å². The van der Waals surface area contributed by atoms with Gasteiger partial charge in [0.1, 0.15) is 0 Å². The van der Waals surface area contributed by atoms with E-state index >= 15 is 0 Å². The van der Waals surface area contributed by atoms with Crippen molar-refractivity contribution in [3.8, 4) is 0 Å². The van der Waals surface area contributed by atoms with Crippen molar-refractivity contribution in [2.45, 2.75) is 78.5 Å². The molecule has 0 bridgehead atoms. The number of nitrogens with one attached hydrogen (secondary N) is 1. The van der Waals surface area contributed by atoms with Crippen LogP contribution in [0.25, 0.3) is 0 Å². The van der Waals surface area contributed by atoms with E-state index in [9.17, 15) is 0 Å². The lowest BCUT2D eigenvalue weighted by molar-refractivity contribution is 0.0111. The Bertz CT molecular complexity index is 433. The first-order chi connectivity index (χ1) is 9.93. The molecule has 0 aliphatic heterocycles. The summed E-state index contributed by atoms with van der Waals surface area (Å²) in [4.78, 5) is 0. The highest BCUT2D eigenvalue weighted by Crippen LogP contribution is 2.27. The molecule has 1 N–H and O–H groups in total. The first kappa shape index (κ1) is 18.2. The normalized spacial score (nSPS) is 13.7. The summed E-state index contributed by atoms with van der Waals surface area (Å²) in [6, 6.07) is 0.402. The fraction of sp³-hybridized carbons (Fsp3) is 0.824. The van der Waals surface area contributed by atoms with Crippen LogP contribution in [0.4, 0.5) is 0 Å². The van der Waals surface area contributed by atoms with Crippen LogP contribution >= 0.6 is 0 Å². The Hall–Kier alpha value is -0.870. The van der Waals surface area contributed by atoms with E-state index in [-0.39, 0.29) is 5.60 Å². The second kappa shape index (κ2) is 7.95. The number of hydrogen-bond acceptors (Lipinski definition) is 3. The van der Waals surface area contributed by atoms with Gasteiger partial charge in [-0.05, 0) is 46.6 Å². The van der Waals surface area contributed by atoms with Crippen LogP contribution in [0.3, 0.4) is 0 Å². The third kappa shape index (κ3) is 4.30. The maximum absolute atomic E-state index is 5.53. The minimum Gasteiger partial charge on any atom is -0.379 e. The van der Waals surface area contributed by atoms with E-state index in [1.54, 1.807) is 7.11 Å². The van der Waals surface area contributed by atoms with Gasteiger partial charge in [0, 0.05) is 31.0 Å². The van der Waals surface area contributed by atoms with Crippen molar-refractivity contribution >= 4 is 0 Å². The van der Waals surface area contributed by atoms with E-state index in [2.05, 4.69) is 44.6 Å². The molecule has 0 aliphatic carbocycles. The number of hydrogen-bond donors (Lipinski definition) is 1. The number of methoxy groups -OCH3 is 1. The summed E-state index contributed by atoms with van der Waals surface area (Å²) in [5.74, 6) is 0. The van der Waals surface area contributed by atoms with E-state index in [1.807, 2.05) is 7.05 Å². The Morgan fingerprint density at radius 2 is 1.90 bits per heavy atom. The van der Waals surface area contributed by atoms with Gasteiger partial charge < -0.3 is 10.1 Å². The number of aryl methyl sites for hydroxylation is 2. The van der Waals surface area contributed by atoms with Gasteiger partial charge in [-0.25, -0.2) is 0 Å². The Morgan fingerprint density at radius 3 is 2.33 bits per heavy atom. The molecule has 0 aliphatic rings. The molecule has 1 aromatic heterocycles. The molecule has 1 heterocycles. The largest absolute Gasteiger partial charge is 0.379 e. The number of nitrogens with zero attached hydrogens (tertiary/aromatic N) is 2. The number of rotatable bonds is 9. The topological polar surface area (TPSA) is 39.1 Å². The minimum absolute atomic E-state index is 0.101. The van der Waals surface area contributed by atoms with E-state index in [4.69, 9.17) is 9.84 Å². The molecule has 4 nitrogen and oxygen atoms in total. The Balaban J connectivity index is 3.10. The van der Waals surface area contributed by atoms with Crippen LogP contribution < -0.4 is 5.32 Å². The van der Waals surface area contributed by atoms with Crippen molar-refractivity contribution in [1.82, 2.24) is 15.1 Å². The lowest BCUT2D eigenvalue weighted by atomic mass is 9.99. The summed E-state index contributed by atoms with van der Waals surface area (Å²) >= 11 is 0. The first-order valence-corrected chi connectivity index (χ1v) is 8.24. The van der Waals surface area contributed by atoms with Crippen molar-refractivity contribution in [2.24, 2.45) is 0 Å². The van der Waals surface area contributed by atoms with E-state index in [1.165, 1.54) is 17.0 Å². The number of ether oxygens (including phenoxy) is 1. The molecule has 0 spiro atoms. The van der Waals surface area contributed by atoms with Crippen LogP contribution in [0.1, 0.15) is 70.5 Å². The standard InChI is InChI=1S/C17H33N3O/c1-8-13(18-6)16-14(9-2)19-20(15(16)10-3)12-11-17(4,5)21-7/h13,18H,8-12H2,1-7H3. The quantitative estimate of drug-likeness (QED) is 0.758. The van der Waals surface area contributed by atoms with Crippen LogP contribution in [-0.2, 0) is 24.1 Å². The summed E-state index contributed by atoms with van der Waals surface area (Å²) in [7, 11) is 3.82. The zero-order chi connectivity index (χ0) is 16.0. The molecule has 1 unspecified atom stereocenters. The van der Waals surface area contributed by atoms with Crippen molar-refractivity contribution in [1.29, 1.82) is 0 Å². The first-order valence-electron chi connectivity index (χ1n) is 8.24. The van der Waals surface area contributed by atoms with Crippen LogP contribution in [0.2, 0.25) is 0 Å². The second-order valence-corrected chi connectivity index (χ2v) is 6.20. The molecule has 1 aromatic rings. The van der Waals surface area contributed by atoms with Crippen LogP contribution in [-0.4, -0.2) is 29.5 Å². The van der Waals surface area contributed by atoms with Crippen molar-refractivity contribution in [3.05, 3.63) is 17.0 Å². The second-order valence-electron chi connectivity index (χ2n) is 6.20. The summed E-state index contributed by atoms with van der Waals surface area (Å²) in [5, 5.41) is 8.31. The molecule has 1 atom stereocenters. The summed E-state index contributed by atoms with van der Waals surface area (Å²) < 4.78 is 7.74. The highest BCUT2D eigenvalue weighted by Gasteiger charge is 2.23. The van der Waals surface area contributed by atoms with Crippen molar-refractivity contribution < 1.29 is 4.74 Å². The zero-order valence-corrected chi connectivity index (χ0v) is 14.9. The molecule has 21 heavy (non-hydrogen) atoms. The zero-order valence-electron chi connectivity index (χ0n) is 14.9. The van der Waals surface area contributed by atoms with Gasteiger partial charge in [0.05, 0.1) is 11.3 Å². The van der Waals surface area contributed by atoms with Crippen LogP contribution in [0.5, 0.6) is 0 Å². The molecule has 0 radical (unpaired) electrons. The summed E-state index contributed by atoms with van der Waals surface area (Å²) in [6.07, 6.45) is 4.07. The third-order valence-electron chi connectivity index (χ3n) is 4.43. The molecule has 1 rings (SSSR count). The molecule has 0 saturated carbocycles. The molecule has 4 heteroatoms. The molecular formula is C17H33N3O. The number of aromatic nitrogens is 2. The van der Waals surface area contributed by atoms with Gasteiger partial charge >= 0.3 is 0 Å². The average molecular weight is 295 g/mol.